The average molecular weight is 337 g/mol. The van der Waals surface area contributed by atoms with Crippen molar-refractivity contribution in [1.29, 1.82) is 0 Å². The molecule has 0 saturated carbocycles. The highest BCUT2D eigenvalue weighted by Crippen LogP contribution is 2.16. The fourth-order valence-corrected chi connectivity index (χ4v) is 3.03. The molecule has 0 aliphatic carbocycles. The quantitative estimate of drug-likeness (QED) is 0.680. The van der Waals surface area contributed by atoms with Crippen LogP contribution < -0.4 is 10.7 Å². The van der Waals surface area contributed by atoms with E-state index in [1.807, 2.05) is 18.2 Å². The maximum Gasteiger partial charge on any atom is 0.251 e. The number of aromatic nitrogens is 1. The van der Waals surface area contributed by atoms with Crippen molar-refractivity contribution < 1.29 is 4.79 Å². The molecule has 0 spiro atoms. The van der Waals surface area contributed by atoms with Crippen molar-refractivity contribution in [1.82, 2.24) is 15.2 Å². The van der Waals surface area contributed by atoms with Crippen LogP contribution in [0.1, 0.15) is 24.2 Å². The lowest BCUT2D eigenvalue weighted by Crippen LogP contribution is -2.34. The monoisotopic (exact) mass is 337 g/mol. The van der Waals surface area contributed by atoms with Crippen LogP contribution in [-0.4, -0.2) is 42.0 Å². The van der Waals surface area contributed by atoms with Crippen LogP contribution in [-0.2, 0) is 0 Å². The standard InChI is InChI=1S/C20H23N3O2/c1-3-23(4-2)12-11-21-20(25)14-9-10-18-16(13-14)19(24)15-7-5-6-8-17(15)22-18/h5-10,13H,3-4,11-12H2,1-2H3,(H,21,25)(H,22,24). The Kier molecular flexibility index (Phi) is 5.14. The smallest absolute Gasteiger partial charge is 0.251 e. The molecule has 25 heavy (non-hydrogen) atoms. The molecule has 3 rings (SSSR count). The molecule has 0 aliphatic rings. The van der Waals surface area contributed by atoms with Crippen molar-refractivity contribution in [3.05, 3.63) is 58.3 Å². The fraction of sp³-hybridized carbons (Fsp3) is 0.300. The molecule has 1 heterocycles. The largest absolute Gasteiger partial charge is 0.354 e. The van der Waals surface area contributed by atoms with Crippen LogP contribution in [0.5, 0.6) is 0 Å². The Morgan fingerprint density at radius 3 is 2.52 bits per heavy atom. The minimum atomic E-state index is -0.151. The van der Waals surface area contributed by atoms with Crippen LogP contribution in [0, 0.1) is 0 Å². The van der Waals surface area contributed by atoms with E-state index in [1.165, 1.54) is 0 Å². The number of fused-ring (bicyclic) bond motifs is 2. The summed E-state index contributed by atoms with van der Waals surface area (Å²) in [5, 5.41) is 4.10. The summed E-state index contributed by atoms with van der Waals surface area (Å²) in [7, 11) is 0. The van der Waals surface area contributed by atoms with E-state index in [0.717, 1.165) is 30.7 Å². The summed E-state index contributed by atoms with van der Waals surface area (Å²) in [5.74, 6) is -0.151. The number of aromatic amines is 1. The predicted molar refractivity (Wildman–Crippen MR) is 102 cm³/mol. The number of para-hydroxylation sites is 1. The number of amides is 1. The highest BCUT2D eigenvalue weighted by molar-refractivity contribution is 6.00. The number of nitrogens with one attached hydrogen (secondary N) is 2. The number of hydrogen-bond donors (Lipinski definition) is 2. The van der Waals surface area contributed by atoms with E-state index in [2.05, 4.69) is 29.0 Å². The van der Waals surface area contributed by atoms with Crippen molar-refractivity contribution >= 4 is 27.7 Å². The molecule has 2 aromatic carbocycles. The summed E-state index contributed by atoms with van der Waals surface area (Å²) in [6.45, 7) is 7.54. The van der Waals surface area contributed by atoms with Gasteiger partial charge in [-0.3, -0.25) is 9.59 Å². The lowest BCUT2D eigenvalue weighted by atomic mass is 10.1. The van der Waals surface area contributed by atoms with Crippen LogP contribution in [0.15, 0.2) is 47.3 Å². The molecule has 5 heteroatoms. The Morgan fingerprint density at radius 1 is 1.04 bits per heavy atom. The Hall–Kier alpha value is -2.66. The second-order valence-electron chi connectivity index (χ2n) is 6.04. The van der Waals surface area contributed by atoms with Crippen molar-refractivity contribution in [3.63, 3.8) is 0 Å². The summed E-state index contributed by atoms with van der Waals surface area (Å²) < 4.78 is 0. The van der Waals surface area contributed by atoms with Gasteiger partial charge in [0.25, 0.3) is 5.91 Å². The van der Waals surface area contributed by atoms with Crippen LogP contribution in [0.25, 0.3) is 21.8 Å². The third kappa shape index (κ3) is 3.56. The van der Waals surface area contributed by atoms with Gasteiger partial charge in [-0.1, -0.05) is 26.0 Å². The Balaban J connectivity index is 1.85. The van der Waals surface area contributed by atoms with E-state index >= 15 is 0 Å². The van der Waals surface area contributed by atoms with Crippen molar-refractivity contribution in [2.24, 2.45) is 0 Å². The fourth-order valence-electron chi connectivity index (χ4n) is 3.03. The minimum absolute atomic E-state index is 0.0536. The summed E-state index contributed by atoms with van der Waals surface area (Å²) in [6.07, 6.45) is 0. The number of carbonyl (C=O) groups is 1. The van der Waals surface area contributed by atoms with Gasteiger partial charge in [-0.05, 0) is 43.4 Å². The van der Waals surface area contributed by atoms with E-state index in [9.17, 15) is 9.59 Å². The minimum Gasteiger partial charge on any atom is -0.354 e. The molecule has 0 bridgehead atoms. The molecule has 0 radical (unpaired) electrons. The van der Waals surface area contributed by atoms with Gasteiger partial charge in [0.15, 0.2) is 5.43 Å². The number of nitrogens with zero attached hydrogens (tertiary/aromatic N) is 1. The molecule has 0 atom stereocenters. The summed E-state index contributed by atoms with van der Waals surface area (Å²) in [6, 6.07) is 12.6. The number of hydrogen-bond acceptors (Lipinski definition) is 3. The van der Waals surface area contributed by atoms with Crippen molar-refractivity contribution in [2.45, 2.75) is 13.8 Å². The number of rotatable bonds is 6. The molecule has 3 aromatic rings. The maximum absolute atomic E-state index is 12.7. The highest BCUT2D eigenvalue weighted by atomic mass is 16.1. The summed E-state index contributed by atoms with van der Waals surface area (Å²) in [4.78, 5) is 30.6. The van der Waals surface area contributed by atoms with Gasteiger partial charge in [-0.25, -0.2) is 0 Å². The van der Waals surface area contributed by atoms with Gasteiger partial charge < -0.3 is 15.2 Å². The summed E-state index contributed by atoms with van der Waals surface area (Å²) in [5.41, 5.74) is 2.00. The van der Waals surface area contributed by atoms with Gasteiger partial charge in [-0.15, -0.1) is 0 Å². The number of carbonyl (C=O) groups excluding carboxylic acids is 1. The first-order valence-electron chi connectivity index (χ1n) is 8.69. The predicted octanol–water partition coefficient (Wildman–Crippen LogP) is 2.75. The van der Waals surface area contributed by atoms with Crippen LogP contribution in [0.4, 0.5) is 0 Å². The molecular formula is C20H23N3O2. The van der Waals surface area contributed by atoms with Gasteiger partial charge in [0.05, 0.1) is 0 Å². The first kappa shape index (κ1) is 17.2. The Bertz CT molecular complexity index is 958. The first-order valence-corrected chi connectivity index (χ1v) is 8.69. The topological polar surface area (TPSA) is 65.2 Å². The number of benzene rings is 2. The van der Waals surface area contributed by atoms with Crippen LogP contribution in [0.3, 0.4) is 0 Å². The molecule has 0 aliphatic heterocycles. The lowest BCUT2D eigenvalue weighted by molar-refractivity contribution is 0.0949. The van der Waals surface area contributed by atoms with E-state index < -0.39 is 0 Å². The van der Waals surface area contributed by atoms with E-state index in [0.29, 0.717) is 22.9 Å². The molecule has 130 valence electrons. The van der Waals surface area contributed by atoms with E-state index in [-0.39, 0.29) is 11.3 Å². The van der Waals surface area contributed by atoms with Gasteiger partial charge in [0.1, 0.15) is 0 Å². The van der Waals surface area contributed by atoms with E-state index in [4.69, 9.17) is 0 Å². The second-order valence-corrected chi connectivity index (χ2v) is 6.04. The van der Waals surface area contributed by atoms with Crippen molar-refractivity contribution in [2.75, 3.05) is 26.2 Å². The zero-order valence-electron chi connectivity index (χ0n) is 14.6. The molecule has 5 nitrogen and oxygen atoms in total. The molecule has 1 amide bonds. The molecule has 0 unspecified atom stereocenters. The Labute approximate surface area is 146 Å². The lowest BCUT2D eigenvalue weighted by Gasteiger charge is -2.18. The molecule has 0 fully saturated rings. The van der Waals surface area contributed by atoms with Gasteiger partial charge in [-0.2, -0.15) is 0 Å². The average Bonchev–Trinajstić information content (AvgIpc) is 2.65. The molecular weight excluding hydrogens is 314 g/mol. The number of likely N-dealkylation sites (N-methyl/N-ethyl adjacent to an activating group) is 1. The summed E-state index contributed by atoms with van der Waals surface area (Å²) >= 11 is 0. The number of H-pyrrole nitrogens is 1. The number of pyridine rings is 1. The molecule has 1 aromatic heterocycles. The Morgan fingerprint density at radius 2 is 1.76 bits per heavy atom. The zero-order chi connectivity index (χ0) is 17.8. The first-order chi connectivity index (χ1) is 12.1. The van der Waals surface area contributed by atoms with Crippen LogP contribution in [0.2, 0.25) is 0 Å². The van der Waals surface area contributed by atoms with Gasteiger partial charge in [0.2, 0.25) is 0 Å². The van der Waals surface area contributed by atoms with Gasteiger partial charge >= 0.3 is 0 Å². The highest BCUT2D eigenvalue weighted by Gasteiger charge is 2.10. The maximum atomic E-state index is 12.7. The molecule has 0 saturated heterocycles. The third-order valence-corrected chi connectivity index (χ3v) is 4.58. The second kappa shape index (κ2) is 7.49. The zero-order valence-corrected chi connectivity index (χ0v) is 14.6. The normalized spacial score (nSPS) is 11.3. The molecule has 2 N–H and O–H groups in total. The van der Waals surface area contributed by atoms with E-state index in [1.54, 1.807) is 24.3 Å². The van der Waals surface area contributed by atoms with Crippen LogP contribution >= 0.6 is 0 Å². The van der Waals surface area contributed by atoms with Crippen molar-refractivity contribution in [3.8, 4) is 0 Å². The SMILES string of the molecule is CCN(CC)CCNC(=O)c1ccc2[nH]c3ccccc3c(=O)c2c1. The van der Waals surface area contributed by atoms with Gasteiger partial charge in [0, 0.05) is 40.5 Å². The third-order valence-electron chi connectivity index (χ3n) is 4.58.